The zero-order valence-electron chi connectivity index (χ0n) is 33.9. The van der Waals surface area contributed by atoms with Crippen LogP contribution in [0.3, 0.4) is 0 Å². The summed E-state index contributed by atoms with van der Waals surface area (Å²) in [5, 5.41) is 5.67. The van der Waals surface area contributed by atoms with Crippen molar-refractivity contribution in [2.45, 2.75) is 139 Å². The number of ether oxygens (including phenoxy) is 5. The van der Waals surface area contributed by atoms with E-state index >= 15 is 0 Å². The van der Waals surface area contributed by atoms with Crippen molar-refractivity contribution in [1.82, 2.24) is 25.2 Å². The van der Waals surface area contributed by atoms with Crippen LogP contribution in [0, 0.1) is 5.92 Å². The van der Waals surface area contributed by atoms with E-state index in [2.05, 4.69) is 21.9 Å². The van der Waals surface area contributed by atoms with E-state index in [1.54, 1.807) is 13.2 Å². The number of hydrogen-bond acceptors (Lipinski definition) is 12. The Morgan fingerprint density at radius 3 is 2.54 bits per heavy atom. The van der Waals surface area contributed by atoms with Crippen molar-refractivity contribution in [3.05, 3.63) is 36.4 Å². The second-order valence-electron chi connectivity index (χ2n) is 16.3. The van der Waals surface area contributed by atoms with Gasteiger partial charge in [-0.15, -0.1) is 6.58 Å². The third-order valence-electron chi connectivity index (χ3n) is 12.1. The Kier molecular flexibility index (Phi) is 13.5. The second-order valence-corrected chi connectivity index (χ2v) is 18.2. The Morgan fingerprint density at radius 1 is 1.03 bits per heavy atom. The van der Waals surface area contributed by atoms with Gasteiger partial charge in [0.25, 0.3) is 5.91 Å². The number of carbonyl (C=O) groups excluding carboxylic acids is 4. The minimum atomic E-state index is -3.91. The number of hydrogen-bond donors (Lipinski definition) is 3. The van der Waals surface area contributed by atoms with Crippen LogP contribution in [-0.2, 0) is 40.3 Å². The molecule has 1 unspecified atom stereocenters. The van der Waals surface area contributed by atoms with Crippen molar-refractivity contribution in [1.29, 1.82) is 0 Å². The molecule has 5 aliphatic rings. The highest BCUT2D eigenvalue weighted by Gasteiger charge is 2.47. The number of aryl methyl sites for hydroxylation is 1. The molecule has 7 rings (SSSR count). The lowest BCUT2D eigenvalue weighted by atomic mass is 9.83. The minimum absolute atomic E-state index is 0.0272. The molecule has 59 heavy (non-hydrogen) atoms. The van der Waals surface area contributed by atoms with E-state index < -0.39 is 69.4 Å². The highest BCUT2D eigenvalue weighted by molar-refractivity contribution is 7.90. The first-order valence-corrected chi connectivity index (χ1v) is 22.7. The van der Waals surface area contributed by atoms with Crippen molar-refractivity contribution in [3.63, 3.8) is 0 Å². The first-order chi connectivity index (χ1) is 28.5. The van der Waals surface area contributed by atoms with E-state index in [-0.39, 0.29) is 31.4 Å². The van der Waals surface area contributed by atoms with Gasteiger partial charge in [0.2, 0.25) is 27.7 Å². The van der Waals surface area contributed by atoms with Gasteiger partial charge in [0, 0.05) is 30.5 Å². The van der Waals surface area contributed by atoms with Crippen molar-refractivity contribution in [3.8, 4) is 17.4 Å². The largest absolute Gasteiger partial charge is 0.496 e. The number of alkyl carbamates (subject to hydrolysis) is 1. The number of benzene rings is 1. The number of pyridine rings is 1. The molecule has 322 valence electrons. The number of nitrogens with zero attached hydrogens (tertiary/aromatic N) is 2. The fourth-order valence-corrected chi connectivity index (χ4v) is 10.2. The fraction of sp³-hybridized carbons (Fsp3) is 0.643. The van der Waals surface area contributed by atoms with Crippen LogP contribution in [0.1, 0.15) is 96.0 Å². The van der Waals surface area contributed by atoms with E-state index in [9.17, 15) is 27.6 Å². The summed E-state index contributed by atoms with van der Waals surface area (Å²) < 4.78 is 58.1. The van der Waals surface area contributed by atoms with Crippen LogP contribution in [0.5, 0.6) is 17.4 Å². The number of carbonyl (C=O) groups is 4. The Labute approximate surface area is 345 Å². The molecule has 4 bridgehead atoms. The van der Waals surface area contributed by atoms with Gasteiger partial charge in [-0.1, -0.05) is 25.3 Å². The fourth-order valence-electron chi connectivity index (χ4n) is 8.88. The molecule has 6 atom stereocenters. The Balaban J connectivity index is 1.25. The molecule has 3 aliphatic carbocycles. The molecule has 4 fully saturated rings. The zero-order valence-corrected chi connectivity index (χ0v) is 34.8. The molecule has 3 saturated carbocycles. The van der Waals surface area contributed by atoms with Gasteiger partial charge in [-0.25, -0.2) is 18.2 Å². The predicted octanol–water partition coefficient (Wildman–Crippen LogP) is 4.22. The number of nitrogens with one attached hydrogen (secondary N) is 3. The quantitative estimate of drug-likeness (QED) is 0.273. The van der Waals surface area contributed by atoms with Gasteiger partial charge < -0.3 is 39.2 Å². The van der Waals surface area contributed by atoms with E-state index in [4.69, 9.17) is 28.7 Å². The molecule has 1 aromatic heterocycles. The zero-order chi connectivity index (χ0) is 41.7. The second kappa shape index (κ2) is 18.7. The average molecular weight is 840 g/mol. The molecule has 17 heteroatoms. The van der Waals surface area contributed by atoms with Crippen LogP contribution in [-0.4, -0.2) is 111 Å². The smallest absolute Gasteiger partial charge is 0.408 e. The van der Waals surface area contributed by atoms with Gasteiger partial charge in [0.1, 0.15) is 41.8 Å². The lowest BCUT2D eigenvalue weighted by Crippen LogP contribution is -2.58. The minimum Gasteiger partial charge on any atom is -0.496 e. The van der Waals surface area contributed by atoms with Crippen LogP contribution in [0.25, 0.3) is 10.9 Å². The lowest BCUT2D eigenvalue weighted by molar-refractivity contribution is -0.142. The number of methoxy groups -OCH3 is 1. The third-order valence-corrected chi connectivity index (χ3v) is 13.9. The monoisotopic (exact) mass is 839 g/mol. The maximum absolute atomic E-state index is 15.0. The summed E-state index contributed by atoms with van der Waals surface area (Å²) in [5.41, 5.74) is 1.47. The Bertz CT molecular complexity index is 2000. The number of sulfonamides is 1. The number of aromatic nitrogens is 1. The summed E-state index contributed by atoms with van der Waals surface area (Å²) in [6, 6.07) is 2.08. The predicted molar refractivity (Wildman–Crippen MR) is 217 cm³/mol. The van der Waals surface area contributed by atoms with Gasteiger partial charge in [-0.3, -0.25) is 19.1 Å². The summed E-state index contributed by atoms with van der Waals surface area (Å²) in [6.45, 7) is 6.31. The molecular weight excluding hydrogens is 783 g/mol. The summed E-state index contributed by atoms with van der Waals surface area (Å²) in [5.74, 6) is -0.852. The van der Waals surface area contributed by atoms with Crippen LogP contribution >= 0.6 is 0 Å². The summed E-state index contributed by atoms with van der Waals surface area (Å²) in [4.78, 5) is 62.5. The molecule has 2 aromatic rings. The van der Waals surface area contributed by atoms with Crippen LogP contribution in [0.2, 0.25) is 0 Å². The molecule has 16 nitrogen and oxygen atoms in total. The molecule has 1 aromatic carbocycles. The summed E-state index contributed by atoms with van der Waals surface area (Å²) >= 11 is 0. The molecule has 0 radical (unpaired) electrons. The molecule has 0 spiro atoms. The average Bonchev–Trinajstić information content (AvgIpc) is 3.88. The van der Waals surface area contributed by atoms with Gasteiger partial charge in [0.05, 0.1) is 37.1 Å². The molecule has 3 N–H and O–H groups in total. The van der Waals surface area contributed by atoms with Gasteiger partial charge in [0.15, 0.2) is 0 Å². The number of rotatable bonds is 11. The maximum Gasteiger partial charge on any atom is 0.408 e. The Hall–Kier alpha value is -4.64. The summed E-state index contributed by atoms with van der Waals surface area (Å²) in [7, 11) is -2.31. The molecule has 4 amide bonds. The third kappa shape index (κ3) is 10.0. The molecule has 3 heterocycles. The first kappa shape index (κ1) is 42.5. The first-order valence-electron chi connectivity index (χ1n) is 21.1. The van der Waals surface area contributed by atoms with E-state index in [0.29, 0.717) is 86.4 Å². The molecular formula is C42H57N5O11S. The highest BCUT2D eigenvalue weighted by Crippen LogP contribution is 2.37. The van der Waals surface area contributed by atoms with Crippen LogP contribution < -0.4 is 29.6 Å². The van der Waals surface area contributed by atoms with Gasteiger partial charge >= 0.3 is 6.09 Å². The molecule has 1 saturated heterocycles. The highest BCUT2D eigenvalue weighted by atomic mass is 32.2. The molecule has 2 aliphatic heterocycles. The van der Waals surface area contributed by atoms with Crippen molar-refractivity contribution in [2.75, 3.05) is 26.9 Å². The van der Waals surface area contributed by atoms with Crippen molar-refractivity contribution in [2.24, 2.45) is 5.92 Å². The van der Waals surface area contributed by atoms with E-state index in [1.165, 1.54) is 11.0 Å². The SMILES string of the molecule is C=CCC(NC(=O)[C@@H]1C[C@@H]2CN1C(=O)[C@H](C1CCCCC1)NC(=O)O[C@@H]1CCC[C@H]1OCCCc1cc3c(cc(OCC)nc3cc1OC)O2)C(=O)NS(=O)(=O)C1CC1. The van der Waals surface area contributed by atoms with E-state index in [0.717, 1.165) is 37.7 Å². The summed E-state index contributed by atoms with van der Waals surface area (Å²) in [6.07, 6.45) is 7.71. The maximum atomic E-state index is 15.0. The number of amides is 4. The lowest BCUT2D eigenvalue weighted by Gasteiger charge is -2.35. The van der Waals surface area contributed by atoms with Crippen LogP contribution in [0.15, 0.2) is 30.9 Å². The van der Waals surface area contributed by atoms with Gasteiger partial charge in [-0.05, 0) is 88.7 Å². The van der Waals surface area contributed by atoms with Crippen molar-refractivity contribution < 1.29 is 51.3 Å². The standard InChI is InChI=1S/C42H57N5O11S/c1-4-11-30(39(48)46-59(52,53)28-17-18-28)44-40(49)32-21-27-24-47(32)41(50)38(25-12-7-6-8-13-25)45-42(51)58-34-16-9-15-33(34)56-19-10-14-26-20-29-31(22-35(26)54-3)43-37(55-5-2)23-36(29)57-27/h4,20,22-23,25,27-28,30,32-34,38H,1,5-19,21,24H2,2-3H3,(H,44,49)(H,45,51)(H,46,48)/t27-,30?,32+,33-,34-,38+/m1/s1. The van der Waals surface area contributed by atoms with E-state index in [1.807, 2.05) is 19.1 Å². The Morgan fingerprint density at radius 2 is 1.81 bits per heavy atom. The normalized spacial score (nSPS) is 26.3. The van der Waals surface area contributed by atoms with Crippen molar-refractivity contribution >= 4 is 44.7 Å². The number of fused-ring (bicyclic) bond motifs is 4. The van der Waals surface area contributed by atoms with Gasteiger partial charge in [-0.2, -0.15) is 0 Å². The topological polar surface area (TPSA) is 201 Å². The van der Waals surface area contributed by atoms with Crippen LogP contribution in [0.4, 0.5) is 4.79 Å².